The Morgan fingerprint density at radius 2 is 1.59 bits per heavy atom. The molecule has 0 saturated heterocycles. The highest BCUT2D eigenvalue weighted by atomic mass is 15.3. The normalized spacial score (nSPS) is 11.3. The summed E-state index contributed by atoms with van der Waals surface area (Å²) in [4.78, 5) is 5.12. The van der Waals surface area contributed by atoms with Crippen molar-refractivity contribution in [1.82, 2.24) is 19.2 Å². The Kier molecular flexibility index (Phi) is 5.36. The monoisotopic (exact) mass is 420 g/mol. The highest BCUT2D eigenvalue weighted by molar-refractivity contribution is 5.82. The first-order valence-corrected chi connectivity index (χ1v) is 11.3. The second kappa shape index (κ2) is 8.46. The zero-order valence-electron chi connectivity index (χ0n) is 18.9. The van der Waals surface area contributed by atoms with Crippen LogP contribution in [-0.2, 0) is 6.42 Å². The highest BCUT2D eigenvalue weighted by Gasteiger charge is 2.20. The van der Waals surface area contributed by atoms with Crippen LogP contribution < -0.4 is 0 Å². The van der Waals surface area contributed by atoms with E-state index in [1.807, 2.05) is 29.0 Å². The Labute approximate surface area is 189 Å². The average Bonchev–Trinajstić information content (AvgIpc) is 3.46. The van der Waals surface area contributed by atoms with Crippen LogP contribution in [0.4, 0.5) is 0 Å². The van der Waals surface area contributed by atoms with Crippen LogP contribution in [0.1, 0.15) is 36.6 Å². The van der Waals surface area contributed by atoms with E-state index in [0.29, 0.717) is 0 Å². The SMILES string of the molecule is CCCCc1nn2c(-c3cccc(C)c3)cc(-n3cccc3)nc2c1-c1ccc(C)cc1. The van der Waals surface area contributed by atoms with E-state index in [1.165, 1.54) is 16.7 Å². The fourth-order valence-electron chi connectivity index (χ4n) is 4.21. The minimum atomic E-state index is 0.898. The lowest BCUT2D eigenvalue weighted by Gasteiger charge is -2.11. The molecule has 0 unspecified atom stereocenters. The molecule has 2 aromatic carbocycles. The number of hydrogen-bond donors (Lipinski definition) is 0. The summed E-state index contributed by atoms with van der Waals surface area (Å²) < 4.78 is 4.11. The molecule has 0 bridgehead atoms. The van der Waals surface area contributed by atoms with Crippen molar-refractivity contribution in [2.75, 3.05) is 0 Å². The number of fused-ring (bicyclic) bond motifs is 1. The van der Waals surface area contributed by atoms with E-state index in [2.05, 4.69) is 79.9 Å². The van der Waals surface area contributed by atoms with E-state index in [4.69, 9.17) is 10.1 Å². The van der Waals surface area contributed by atoms with Gasteiger partial charge in [0.1, 0.15) is 5.82 Å². The Balaban J connectivity index is 1.84. The smallest absolute Gasteiger partial charge is 0.166 e. The molecule has 0 aliphatic rings. The molecule has 3 heterocycles. The molecule has 0 fully saturated rings. The molecule has 0 radical (unpaired) electrons. The van der Waals surface area contributed by atoms with Gasteiger partial charge in [-0.05, 0) is 50.5 Å². The fraction of sp³-hybridized carbons (Fsp3) is 0.214. The molecule has 5 aromatic rings. The summed E-state index contributed by atoms with van der Waals surface area (Å²) in [6.45, 7) is 6.47. The topological polar surface area (TPSA) is 35.1 Å². The number of aromatic nitrogens is 4. The summed E-state index contributed by atoms with van der Waals surface area (Å²) in [5, 5.41) is 5.12. The average molecular weight is 421 g/mol. The maximum absolute atomic E-state index is 5.12. The second-order valence-corrected chi connectivity index (χ2v) is 8.49. The number of nitrogens with zero attached hydrogens (tertiary/aromatic N) is 4. The van der Waals surface area contributed by atoms with Crippen molar-refractivity contribution in [3.8, 4) is 28.2 Å². The lowest BCUT2D eigenvalue weighted by atomic mass is 10.0. The van der Waals surface area contributed by atoms with E-state index in [9.17, 15) is 0 Å². The molecule has 5 rings (SSSR count). The van der Waals surface area contributed by atoms with Gasteiger partial charge in [0.2, 0.25) is 0 Å². The summed E-state index contributed by atoms with van der Waals surface area (Å²) >= 11 is 0. The number of rotatable bonds is 6. The molecule has 32 heavy (non-hydrogen) atoms. The van der Waals surface area contributed by atoms with Crippen molar-refractivity contribution in [2.24, 2.45) is 0 Å². The van der Waals surface area contributed by atoms with E-state index in [-0.39, 0.29) is 0 Å². The molecule has 0 N–H and O–H groups in total. The Morgan fingerprint density at radius 3 is 2.31 bits per heavy atom. The van der Waals surface area contributed by atoms with Crippen LogP contribution in [-0.4, -0.2) is 19.2 Å². The molecule has 0 atom stereocenters. The van der Waals surface area contributed by atoms with Gasteiger partial charge < -0.3 is 4.57 Å². The number of unbranched alkanes of at least 4 members (excludes halogenated alkanes) is 1. The van der Waals surface area contributed by atoms with Gasteiger partial charge in [-0.15, -0.1) is 0 Å². The molecular formula is C28H28N4. The fourth-order valence-corrected chi connectivity index (χ4v) is 4.21. The van der Waals surface area contributed by atoms with Crippen molar-refractivity contribution in [3.63, 3.8) is 0 Å². The van der Waals surface area contributed by atoms with Gasteiger partial charge in [0.05, 0.1) is 11.4 Å². The zero-order chi connectivity index (χ0) is 22.1. The van der Waals surface area contributed by atoms with Gasteiger partial charge in [-0.25, -0.2) is 9.50 Å². The highest BCUT2D eigenvalue weighted by Crippen LogP contribution is 2.33. The quantitative estimate of drug-likeness (QED) is 0.302. The van der Waals surface area contributed by atoms with Crippen LogP contribution in [0.2, 0.25) is 0 Å². The van der Waals surface area contributed by atoms with Gasteiger partial charge in [-0.1, -0.05) is 66.9 Å². The number of aryl methyl sites for hydroxylation is 3. The molecule has 4 nitrogen and oxygen atoms in total. The third-order valence-electron chi connectivity index (χ3n) is 5.94. The molecule has 4 heteroatoms. The van der Waals surface area contributed by atoms with Crippen molar-refractivity contribution in [1.29, 1.82) is 0 Å². The van der Waals surface area contributed by atoms with Gasteiger partial charge in [0.15, 0.2) is 5.65 Å². The Bertz CT molecular complexity index is 1360. The van der Waals surface area contributed by atoms with Crippen molar-refractivity contribution >= 4 is 5.65 Å². The third-order valence-corrected chi connectivity index (χ3v) is 5.94. The van der Waals surface area contributed by atoms with E-state index in [1.54, 1.807) is 0 Å². The number of benzene rings is 2. The first-order valence-electron chi connectivity index (χ1n) is 11.3. The summed E-state index contributed by atoms with van der Waals surface area (Å²) in [6, 6.07) is 23.5. The third kappa shape index (κ3) is 3.73. The first kappa shape index (κ1) is 20.3. The van der Waals surface area contributed by atoms with Gasteiger partial charge in [0.25, 0.3) is 0 Å². The molecule has 0 aliphatic carbocycles. The summed E-state index contributed by atoms with van der Waals surface area (Å²) in [5.74, 6) is 0.898. The molecule has 0 spiro atoms. The van der Waals surface area contributed by atoms with Gasteiger partial charge in [-0.2, -0.15) is 5.10 Å². The van der Waals surface area contributed by atoms with Gasteiger partial charge >= 0.3 is 0 Å². The molecule has 160 valence electrons. The summed E-state index contributed by atoms with van der Waals surface area (Å²) in [6.07, 6.45) is 7.26. The van der Waals surface area contributed by atoms with E-state index >= 15 is 0 Å². The van der Waals surface area contributed by atoms with Crippen LogP contribution in [0.5, 0.6) is 0 Å². The van der Waals surface area contributed by atoms with E-state index in [0.717, 1.165) is 53.2 Å². The predicted molar refractivity (Wildman–Crippen MR) is 131 cm³/mol. The van der Waals surface area contributed by atoms with Crippen molar-refractivity contribution < 1.29 is 0 Å². The minimum absolute atomic E-state index is 0.898. The summed E-state index contributed by atoms with van der Waals surface area (Å²) in [7, 11) is 0. The molecule has 0 amide bonds. The van der Waals surface area contributed by atoms with Gasteiger partial charge in [0, 0.05) is 29.6 Å². The predicted octanol–water partition coefficient (Wildman–Crippen LogP) is 6.81. The molecule has 0 saturated carbocycles. The second-order valence-electron chi connectivity index (χ2n) is 8.49. The van der Waals surface area contributed by atoms with Gasteiger partial charge in [-0.3, -0.25) is 0 Å². The number of hydrogen-bond acceptors (Lipinski definition) is 2. The van der Waals surface area contributed by atoms with Crippen molar-refractivity contribution in [3.05, 3.63) is 95.9 Å². The molecule has 0 aliphatic heterocycles. The van der Waals surface area contributed by atoms with Crippen LogP contribution in [0.15, 0.2) is 79.1 Å². The standard InChI is InChI=1S/C28H28N4/c1-4-5-11-24-27(22-14-12-20(2)13-15-22)28-29-26(31-16-6-7-17-31)19-25(32(28)30-24)23-10-8-9-21(3)18-23/h6-10,12-19H,4-5,11H2,1-3H3. The van der Waals surface area contributed by atoms with Crippen LogP contribution in [0.3, 0.4) is 0 Å². The Hall–Kier alpha value is -3.66. The molecular weight excluding hydrogens is 392 g/mol. The van der Waals surface area contributed by atoms with Crippen LogP contribution >= 0.6 is 0 Å². The lowest BCUT2D eigenvalue weighted by molar-refractivity contribution is 0.763. The zero-order valence-corrected chi connectivity index (χ0v) is 18.9. The largest absolute Gasteiger partial charge is 0.309 e. The van der Waals surface area contributed by atoms with E-state index < -0.39 is 0 Å². The molecule has 3 aromatic heterocycles. The first-order chi connectivity index (χ1) is 15.6. The maximum atomic E-state index is 5.12. The van der Waals surface area contributed by atoms with Crippen LogP contribution in [0.25, 0.3) is 33.8 Å². The maximum Gasteiger partial charge on any atom is 0.166 e. The Morgan fingerprint density at radius 1 is 0.812 bits per heavy atom. The van der Waals surface area contributed by atoms with Crippen LogP contribution in [0, 0.1) is 13.8 Å². The lowest BCUT2D eigenvalue weighted by Crippen LogP contribution is -2.02. The summed E-state index contributed by atoms with van der Waals surface area (Å²) in [5.41, 5.74) is 9.01. The van der Waals surface area contributed by atoms with Crippen molar-refractivity contribution in [2.45, 2.75) is 40.0 Å². The minimum Gasteiger partial charge on any atom is -0.309 e.